The summed E-state index contributed by atoms with van der Waals surface area (Å²) in [7, 11) is 4.08. The normalized spacial score (nSPS) is 10.8. The molecule has 14 heavy (non-hydrogen) atoms. The molecule has 1 aromatic carbocycles. The van der Waals surface area contributed by atoms with Crippen LogP contribution in [-0.4, -0.2) is 20.0 Å². The third-order valence-corrected chi connectivity index (χ3v) is 2.21. The summed E-state index contributed by atoms with van der Waals surface area (Å²) in [5.74, 6) is 0.687. The Hall–Kier alpha value is -0.950. The van der Waals surface area contributed by atoms with Crippen LogP contribution in [0.1, 0.15) is 12.0 Å². The monoisotopic (exact) mass is 209 g/mol. The molecule has 1 aromatic rings. The highest BCUT2D eigenvalue weighted by molar-refractivity contribution is 6.17. The molecule has 0 atom stereocenters. The van der Waals surface area contributed by atoms with Crippen LogP contribution >= 0.6 is 11.6 Å². The van der Waals surface area contributed by atoms with Gasteiger partial charge in [-0.05, 0) is 24.1 Å². The van der Waals surface area contributed by atoms with Crippen molar-refractivity contribution in [2.24, 2.45) is 0 Å². The molecule has 76 valence electrons. The first-order valence-corrected chi connectivity index (χ1v) is 5.27. The Morgan fingerprint density at radius 2 is 1.86 bits per heavy atom. The lowest BCUT2D eigenvalue weighted by atomic mass is 10.2. The van der Waals surface area contributed by atoms with Gasteiger partial charge in [0.1, 0.15) is 0 Å². The standard InChI is InChI=1S/C12H16ClN/c1-14(2)12-8-6-11(7-9-12)5-3-4-10-13/h3,5-9H,4,10H2,1-2H3. The summed E-state index contributed by atoms with van der Waals surface area (Å²) in [6.07, 6.45) is 5.12. The molecule has 0 amide bonds. The number of allylic oxidation sites excluding steroid dienone is 1. The Kier molecular flexibility index (Phi) is 4.54. The van der Waals surface area contributed by atoms with E-state index in [9.17, 15) is 0 Å². The maximum Gasteiger partial charge on any atom is 0.0361 e. The van der Waals surface area contributed by atoms with Crippen molar-refractivity contribution in [3.8, 4) is 0 Å². The van der Waals surface area contributed by atoms with Crippen molar-refractivity contribution in [1.29, 1.82) is 0 Å². The van der Waals surface area contributed by atoms with Gasteiger partial charge < -0.3 is 4.90 Å². The first-order chi connectivity index (χ1) is 6.74. The van der Waals surface area contributed by atoms with E-state index in [0.29, 0.717) is 5.88 Å². The molecule has 0 aliphatic carbocycles. The van der Waals surface area contributed by atoms with Crippen molar-refractivity contribution in [3.63, 3.8) is 0 Å². The summed E-state index contributed by atoms with van der Waals surface area (Å²) in [5.41, 5.74) is 2.44. The fraction of sp³-hybridized carbons (Fsp3) is 0.333. The lowest BCUT2D eigenvalue weighted by Crippen LogP contribution is -2.07. The van der Waals surface area contributed by atoms with Gasteiger partial charge in [-0.2, -0.15) is 0 Å². The second-order valence-corrected chi connectivity index (χ2v) is 3.74. The smallest absolute Gasteiger partial charge is 0.0361 e. The van der Waals surface area contributed by atoms with Crippen LogP contribution in [0.2, 0.25) is 0 Å². The Morgan fingerprint density at radius 1 is 1.21 bits per heavy atom. The number of hydrogen-bond acceptors (Lipinski definition) is 1. The summed E-state index contributed by atoms with van der Waals surface area (Å²) in [6, 6.07) is 8.45. The van der Waals surface area contributed by atoms with E-state index in [1.54, 1.807) is 0 Å². The van der Waals surface area contributed by atoms with E-state index in [1.807, 2.05) is 14.1 Å². The first kappa shape index (κ1) is 11.1. The van der Waals surface area contributed by atoms with Crippen LogP contribution in [0, 0.1) is 0 Å². The molecule has 0 aromatic heterocycles. The van der Waals surface area contributed by atoms with Gasteiger partial charge in [-0.1, -0.05) is 24.3 Å². The second-order valence-electron chi connectivity index (χ2n) is 3.37. The maximum absolute atomic E-state index is 5.58. The highest BCUT2D eigenvalue weighted by Gasteiger charge is 1.92. The fourth-order valence-electron chi connectivity index (χ4n) is 1.17. The quantitative estimate of drug-likeness (QED) is 0.688. The topological polar surface area (TPSA) is 3.24 Å². The van der Waals surface area contributed by atoms with Crippen LogP contribution in [0.4, 0.5) is 5.69 Å². The van der Waals surface area contributed by atoms with Crippen LogP contribution in [-0.2, 0) is 0 Å². The molecule has 0 aliphatic rings. The summed E-state index contributed by atoms with van der Waals surface area (Å²) in [5, 5.41) is 0. The van der Waals surface area contributed by atoms with E-state index in [2.05, 4.69) is 41.3 Å². The largest absolute Gasteiger partial charge is 0.378 e. The fourth-order valence-corrected chi connectivity index (χ4v) is 1.29. The summed E-state index contributed by atoms with van der Waals surface area (Å²) >= 11 is 5.58. The molecule has 0 saturated heterocycles. The molecular weight excluding hydrogens is 194 g/mol. The van der Waals surface area contributed by atoms with Crippen LogP contribution in [0.15, 0.2) is 30.3 Å². The predicted octanol–water partition coefficient (Wildman–Crippen LogP) is 3.39. The Bertz CT molecular complexity index is 288. The van der Waals surface area contributed by atoms with E-state index in [0.717, 1.165) is 6.42 Å². The molecule has 1 nitrogen and oxygen atoms in total. The number of rotatable bonds is 4. The molecular formula is C12H16ClN. The number of alkyl halides is 1. The lowest BCUT2D eigenvalue weighted by Gasteiger charge is -2.11. The summed E-state index contributed by atoms with van der Waals surface area (Å²) < 4.78 is 0. The minimum absolute atomic E-state index is 0.687. The van der Waals surface area contributed by atoms with E-state index in [-0.39, 0.29) is 0 Å². The number of benzene rings is 1. The van der Waals surface area contributed by atoms with E-state index in [4.69, 9.17) is 11.6 Å². The Morgan fingerprint density at radius 3 is 2.36 bits per heavy atom. The molecule has 0 N–H and O–H groups in total. The Labute approximate surface area is 91.0 Å². The minimum Gasteiger partial charge on any atom is -0.378 e. The zero-order valence-corrected chi connectivity index (χ0v) is 9.46. The lowest BCUT2D eigenvalue weighted by molar-refractivity contribution is 1.13. The molecule has 0 radical (unpaired) electrons. The van der Waals surface area contributed by atoms with Gasteiger partial charge in [0.05, 0.1) is 0 Å². The number of nitrogens with zero attached hydrogens (tertiary/aromatic N) is 1. The third-order valence-electron chi connectivity index (χ3n) is 2.00. The van der Waals surface area contributed by atoms with Crippen molar-refractivity contribution >= 4 is 23.4 Å². The van der Waals surface area contributed by atoms with Gasteiger partial charge in [0.15, 0.2) is 0 Å². The van der Waals surface area contributed by atoms with Gasteiger partial charge in [-0.3, -0.25) is 0 Å². The van der Waals surface area contributed by atoms with Crippen molar-refractivity contribution in [3.05, 3.63) is 35.9 Å². The van der Waals surface area contributed by atoms with Crippen molar-refractivity contribution in [1.82, 2.24) is 0 Å². The molecule has 0 bridgehead atoms. The zero-order valence-electron chi connectivity index (χ0n) is 8.70. The molecule has 0 unspecified atom stereocenters. The maximum atomic E-state index is 5.58. The van der Waals surface area contributed by atoms with Gasteiger partial charge in [0.2, 0.25) is 0 Å². The Balaban J connectivity index is 2.64. The SMILES string of the molecule is CN(C)c1ccc(C=CCCCl)cc1. The average molecular weight is 210 g/mol. The third kappa shape index (κ3) is 3.43. The predicted molar refractivity (Wildman–Crippen MR) is 65.1 cm³/mol. The van der Waals surface area contributed by atoms with Gasteiger partial charge in [0.25, 0.3) is 0 Å². The number of anilines is 1. The molecule has 0 aliphatic heterocycles. The summed E-state index contributed by atoms with van der Waals surface area (Å²) in [4.78, 5) is 2.09. The number of halogens is 1. The van der Waals surface area contributed by atoms with Gasteiger partial charge in [-0.15, -0.1) is 11.6 Å². The van der Waals surface area contributed by atoms with Gasteiger partial charge in [-0.25, -0.2) is 0 Å². The summed E-state index contributed by atoms with van der Waals surface area (Å²) in [6.45, 7) is 0. The molecule has 0 fully saturated rings. The molecule has 0 heterocycles. The molecule has 1 rings (SSSR count). The average Bonchev–Trinajstić information content (AvgIpc) is 2.19. The van der Waals surface area contributed by atoms with Crippen LogP contribution in [0.25, 0.3) is 6.08 Å². The molecule has 2 heteroatoms. The zero-order chi connectivity index (χ0) is 10.4. The van der Waals surface area contributed by atoms with Crippen LogP contribution < -0.4 is 4.90 Å². The minimum atomic E-state index is 0.687. The van der Waals surface area contributed by atoms with Crippen molar-refractivity contribution in [2.45, 2.75) is 6.42 Å². The first-order valence-electron chi connectivity index (χ1n) is 4.74. The molecule has 0 saturated carbocycles. The van der Waals surface area contributed by atoms with Crippen LogP contribution in [0.3, 0.4) is 0 Å². The number of hydrogen-bond donors (Lipinski definition) is 0. The van der Waals surface area contributed by atoms with E-state index >= 15 is 0 Å². The highest BCUT2D eigenvalue weighted by atomic mass is 35.5. The van der Waals surface area contributed by atoms with Gasteiger partial charge in [0, 0.05) is 25.7 Å². The molecule has 0 spiro atoms. The van der Waals surface area contributed by atoms with Crippen molar-refractivity contribution in [2.75, 3.05) is 24.9 Å². The van der Waals surface area contributed by atoms with E-state index < -0.39 is 0 Å². The van der Waals surface area contributed by atoms with Gasteiger partial charge >= 0.3 is 0 Å². The van der Waals surface area contributed by atoms with Crippen LogP contribution in [0.5, 0.6) is 0 Å². The van der Waals surface area contributed by atoms with E-state index in [1.165, 1.54) is 11.3 Å². The highest BCUT2D eigenvalue weighted by Crippen LogP contribution is 2.13. The van der Waals surface area contributed by atoms with Crippen molar-refractivity contribution < 1.29 is 0 Å². The second kappa shape index (κ2) is 5.71.